The number of nitriles is 1. The van der Waals surface area contributed by atoms with Gasteiger partial charge in [-0.15, -0.1) is 0 Å². The Labute approximate surface area is 106 Å². The maximum absolute atomic E-state index is 11.9. The Morgan fingerprint density at radius 1 is 1.32 bits per heavy atom. The van der Waals surface area contributed by atoms with E-state index in [1.807, 2.05) is 11.1 Å². The number of carbonyl (C=O) groups excluding carboxylic acids is 1. The maximum Gasteiger partial charge on any atom is 0.325 e. The van der Waals surface area contributed by atoms with Gasteiger partial charge in [0.15, 0.2) is 0 Å². The van der Waals surface area contributed by atoms with Crippen LogP contribution in [0.3, 0.4) is 0 Å². The van der Waals surface area contributed by atoms with Gasteiger partial charge in [0.05, 0.1) is 11.6 Å². The zero-order valence-electron chi connectivity index (χ0n) is 9.56. The summed E-state index contributed by atoms with van der Waals surface area (Å²) in [6.45, 7) is 0. The van der Waals surface area contributed by atoms with Crippen molar-refractivity contribution in [3.05, 3.63) is 62.4 Å². The van der Waals surface area contributed by atoms with Gasteiger partial charge in [0.25, 0.3) is 11.5 Å². The molecule has 0 radical (unpaired) electrons. The van der Waals surface area contributed by atoms with Crippen LogP contribution < -0.4 is 16.6 Å². The third-order valence-corrected chi connectivity index (χ3v) is 2.32. The van der Waals surface area contributed by atoms with Crippen molar-refractivity contribution in [3.63, 3.8) is 0 Å². The van der Waals surface area contributed by atoms with Gasteiger partial charge in [0, 0.05) is 11.8 Å². The molecule has 1 aromatic carbocycles. The fourth-order valence-electron chi connectivity index (χ4n) is 1.43. The molecule has 0 spiro atoms. The zero-order chi connectivity index (χ0) is 13.8. The van der Waals surface area contributed by atoms with Crippen molar-refractivity contribution in [2.75, 3.05) is 5.32 Å². The lowest BCUT2D eigenvalue weighted by Gasteiger charge is -2.03. The minimum absolute atomic E-state index is 0.0769. The first-order chi connectivity index (χ1) is 9.10. The van der Waals surface area contributed by atoms with E-state index < -0.39 is 17.2 Å². The Balaban J connectivity index is 2.28. The molecule has 0 aliphatic heterocycles. The molecule has 0 aliphatic rings. The van der Waals surface area contributed by atoms with E-state index in [4.69, 9.17) is 5.26 Å². The monoisotopic (exact) mass is 256 g/mol. The highest BCUT2D eigenvalue weighted by molar-refractivity contribution is 6.04. The second kappa shape index (κ2) is 5.01. The van der Waals surface area contributed by atoms with Crippen LogP contribution in [-0.4, -0.2) is 15.9 Å². The summed E-state index contributed by atoms with van der Waals surface area (Å²) in [5.41, 5.74) is -0.859. The molecule has 0 atom stereocenters. The molecule has 0 unspecified atom stereocenters. The third kappa shape index (κ3) is 2.76. The molecule has 94 valence electrons. The number of H-pyrrole nitrogens is 2. The number of hydrogen-bond acceptors (Lipinski definition) is 4. The first-order valence-electron chi connectivity index (χ1n) is 5.23. The molecule has 1 aromatic heterocycles. The molecule has 0 bridgehead atoms. The normalized spacial score (nSPS) is 9.63. The summed E-state index contributed by atoms with van der Waals surface area (Å²) in [6, 6.07) is 7.94. The van der Waals surface area contributed by atoms with Gasteiger partial charge in [-0.1, -0.05) is 6.07 Å². The summed E-state index contributed by atoms with van der Waals surface area (Å²) in [5, 5.41) is 11.1. The van der Waals surface area contributed by atoms with E-state index in [0.29, 0.717) is 5.56 Å². The van der Waals surface area contributed by atoms with Gasteiger partial charge >= 0.3 is 5.69 Å². The van der Waals surface area contributed by atoms with Gasteiger partial charge < -0.3 is 10.3 Å². The number of carbonyl (C=O) groups is 1. The van der Waals surface area contributed by atoms with E-state index in [1.165, 1.54) is 12.1 Å². The Bertz CT molecular complexity index is 782. The summed E-state index contributed by atoms with van der Waals surface area (Å²) in [4.78, 5) is 38.3. The molecule has 1 heterocycles. The van der Waals surface area contributed by atoms with Crippen LogP contribution in [0.15, 0.2) is 40.1 Å². The van der Waals surface area contributed by atoms with Crippen molar-refractivity contribution in [2.45, 2.75) is 0 Å². The molecular formula is C12H8N4O3. The van der Waals surface area contributed by atoms with E-state index in [9.17, 15) is 14.4 Å². The number of amides is 1. The number of rotatable bonds is 2. The minimum atomic E-state index is -0.700. The highest BCUT2D eigenvalue weighted by Gasteiger charge is 2.09. The highest BCUT2D eigenvalue weighted by atomic mass is 16.2. The number of nitrogens with zero attached hydrogens (tertiary/aromatic N) is 1. The van der Waals surface area contributed by atoms with Crippen molar-refractivity contribution in [2.24, 2.45) is 0 Å². The van der Waals surface area contributed by atoms with Crippen LogP contribution in [0.25, 0.3) is 0 Å². The highest BCUT2D eigenvalue weighted by Crippen LogP contribution is 2.06. The van der Waals surface area contributed by atoms with Crippen LogP contribution >= 0.6 is 0 Å². The summed E-state index contributed by atoms with van der Waals surface area (Å²) >= 11 is 0. The Kier molecular flexibility index (Phi) is 3.25. The van der Waals surface area contributed by atoms with Gasteiger partial charge in [-0.25, -0.2) is 4.79 Å². The Morgan fingerprint density at radius 3 is 2.79 bits per heavy atom. The van der Waals surface area contributed by atoms with Gasteiger partial charge in [-0.2, -0.15) is 5.26 Å². The molecule has 1 amide bonds. The van der Waals surface area contributed by atoms with Crippen molar-refractivity contribution < 1.29 is 4.79 Å². The van der Waals surface area contributed by atoms with Crippen molar-refractivity contribution >= 4 is 11.6 Å². The van der Waals surface area contributed by atoms with Crippen molar-refractivity contribution in [1.82, 2.24) is 9.97 Å². The minimum Gasteiger partial charge on any atom is -0.316 e. The number of nitrogens with one attached hydrogen (secondary N) is 3. The largest absolute Gasteiger partial charge is 0.325 e. The summed E-state index contributed by atoms with van der Waals surface area (Å²) in [6.07, 6.45) is 1.10. The number of hydrogen-bond donors (Lipinski definition) is 3. The van der Waals surface area contributed by atoms with Gasteiger partial charge in [0.1, 0.15) is 5.69 Å². The standard InChI is InChI=1S/C12H8N4O3/c13-5-7-2-1-3-8(4-7)10(17)15-9-6-14-12(19)16-11(9)18/h1-4,6H,(H,15,17)(H2,14,16,18,19). The molecule has 0 aliphatic carbocycles. The van der Waals surface area contributed by atoms with E-state index in [0.717, 1.165) is 6.20 Å². The van der Waals surface area contributed by atoms with Crippen LogP contribution in [0.4, 0.5) is 5.69 Å². The van der Waals surface area contributed by atoms with E-state index in [1.54, 1.807) is 12.1 Å². The smallest absolute Gasteiger partial charge is 0.316 e. The second-order valence-electron chi connectivity index (χ2n) is 3.63. The summed E-state index contributed by atoms with van der Waals surface area (Å²) in [5.74, 6) is -0.547. The van der Waals surface area contributed by atoms with Crippen LogP contribution in [0.1, 0.15) is 15.9 Å². The first kappa shape index (κ1) is 12.3. The van der Waals surface area contributed by atoms with Crippen LogP contribution in [-0.2, 0) is 0 Å². The number of benzene rings is 1. The predicted octanol–water partition coefficient (Wildman–Crippen LogP) is 0.187. The Hall–Kier alpha value is -3.14. The number of aromatic nitrogens is 2. The van der Waals surface area contributed by atoms with Gasteiger partial charge in [0.2, 0.25) is 0 Å². The topological polar surface area (TPSA) is 119 Å². The fraction of sp³-hybridized carbons (Fsp3) is 0. The van der Waals surface area contributed by atoms with E-state index in [2.05, 4.69) is 10.3 Å². The van der Waals surface area contributed by atoms with Crippen LogP contribution in [0, 0.1) is 11.3 Å². The lowest BCUT2D eigenvalue weighted by atomic mass is 10.1. The average molecular weight is 256 g/mol. The lowest BCUT2D eigenvalue weighted by Crippen LogP contribution is -2.26. The molecule has 2 aromatic rings. The molecule has 19 heavy (non-hydrogen) atoms. The van der Waals surface area contributed by atoms with E-state index >= 15 is 0 Å². The molecule has 7 heteroatoms. The molecule has 2 rings (SSSR count). The summed E-state index contributed by atoms with van der Waals surface area (Å²) < 4.78 is 0. The summed E-state index contributed by atoms with van der Waals surface area (Å²) in [7, 11) is 0. The Morgan fingerprint density at radius 2 is 2.11 bits per heavy atom. The number of aromatic amines is 2. The quantitative estimate of drug-likeness (QED) is 0.710. The second-order valence-corrected chi connectivity index (χ2v) is 3.63. The third-order valence-electron chi connectivity index (χ3n) is 2.32. The van der Waals surface area contributed by atoms with Crippen LogP contribution in [0.5, 0.6) is 0 Å². The molecule has 0 saturated carbocycles. The fourth-order valence-corrected chi connectivity index (χ4v) is 1.43. The maximum atomic E-state index is 11.9. The zero-order valence-corrected chi connectivity index (χ0v) is 9.56. The first-order valence-corrected chi connectivity index (χ1v) is 5.23. The lowest BCUT2D eigenvalue weighted by molar-refractivity contribution is 0.102. The van der Waals surface area contributed by atoms with Crippen molar-refractivity contribution in [3.8, 4) is 6.07 Å². The molecule has 0 saturated heterocycles. The van der Waals surface area contributed by atoms with Gasteiger partial charge in [-0.3, -0.25) is 14.6 Å². The molecule has 7 nitrogen and oxygen atoms in total. The van der Waals surface area contributed by atoms with Crippen molar-refractivity contribution in [1.29, 1.82) is 5.26 Å². The van der Waals surface area contributed by atoms with Gasteiger partial charge in [-0.05, 0) is 18.2 Å². The van der Waals surface area contributed by atoms with E-state index in [-0.39, 0.29) is 11.3 Å². The molecular weight excluding hydrogens is 248 g/mol. The van der Waals surface area contributed by atoms with Crippen LogP contribution in [0.2, 0.25) is 0 Å². The molecule has 0 fully saturated rings. The molecule has 3 N–H and O–H groups in total. The average Bonchev–Trinajstić information content (AvgIpc) is 2.42. The number of anilines is 1. The predicted molar refractivity (Wildman–Crippen MR) is 66.8 cm³/mol. The SMILES string of the molecule is N#Cc1cccc(C(=O)Nc2c[nH]c(=O)[nH]c2=O)c1.